The predicted molar refractivity (Wildman–Crippen MR) is 99.6 cm³/mol. The van der Waals surface area contributed by atoms with Crippen LogP contribution in [0, 0.1) is 0 Å². The van der Waals surface area contributed by atoms with Gasteiger partial charge in [-0.05, 0) is 42.3 Å². The fraction of sp³-hybridized carbons (Fsp3) is 0.350. The Bertz CT molecular complexity index is 760. The highest BCUT2D eigenvalue weighted by atomic mass is 16.5. The SMILES string of the molecule is CC[C@H](NC(=O)c1ccc(OC)c(OC)c1)c1ccc(OC)c(OC)c1. The van der Waals surface area contributed by atoms with Gasteiger partial charge in [0.1, 0.15) is 0 Å². The maximum atomic E-state index is 12.7. The van der Waals surface area contributed by atoms with Crippen LogP contribution in [0.1, 0.15) is 35.3 Å². The second-order valence-electron chi connectivity index (χ2n) is 5.62. The summed E-state index contributed by atoms with van der Waals surface area (Å²) in [5, 5.41) is 3.05. The van der Waals surface area contributed by atoms with Gasteiger partial charge in [-0.1, -0.05) is 13.0 Å². The molecule has 1 atom stereocenters. The minimum atomic E-state index is -0.187. The van der Waals surface area contributed by atoms with Gasteiger partial charge in [0, 0.05) is 5.56 Å². The van der Waals surface area contributed by atoms with E-state index in [4.69, 9.17) is 18.9 Å². The van der Waals surface area contributed by atoms with Gasteiger partial charge < -0.3 is 24.3 Å². The Balaban J connectivity index is 2.23. The van der Waals surface area contributed by atoms with E-state index in [1.165, 1.54) is 7.11 Å². The van der Waals surface area contributed by atoms with Crippen molar-refractivity contribution >= 4 is 5.91 Å². The molecular formula is C20H25NO5. The summed E-state index contributed by atoms with van der Waals surface area (Å²) in [7, 11) is 6.28. The van der Waals surface area contributed by atoms with Crippen molar-refractivity contribution in [1.29, 1.82) is 0 Å². The Kier molecular flexibility index (Phi) is 6.72. The van der Waals surface area contributed by atoms with E-state index < -0.39 is 0 Å². The standard InChI is InChI=1S/C20H25NO5/c1-6-15(13-7-9-16(23-2)18(11-13)25-4)21-20(22)14-8-10-17(24-3)19(12-14)26-5/h7-12,15H,6H2,1-5H3,(H,21,22)/t15-/m0/s1. The molecule has 0 saturated heterocycles. The van der Waals surface area contributed by atoms with Crippen LogP contribution in [0.25, 0.3) is 0 Å². The zero-order valence-corrected chi connectivity index (χ0v) is 15.8. The average molecular weight is 359 g/mol. The van der Waals surface area contributed by atoms with Gasteiger partial charge in [0.25, 0.3) is 5.91 Å². The number of ether oxygens (including phenoxy) is 4. The molecule has 0 saturated carbocycles. The number of rotatable bonds is 8. The van der Waals surface area contributed by atoms with Gasteiger partial charge in [-0.15, -0.1) is 0 Å². The average Bonchev–Trinajstić information content (AvgIpc) is 2.70. The lowest BCUT2D eigenvalue weighted by Crippen LogP contribution is -2.28. The highest BCUT2D eigenvalue weighted by Crippen LogP contribution is 2.31. The summed E-state index contributed by atoms with van der Waals surface area (Å²) in [6.07, 6.45) is 0.731. The third-order valence-electron chi connectivity index (χ3n) is 4.17. The minimum Gasteiger partial charge on any atom is -0.493 e. The summed E-state index contributed by atoms with van der Waals surface area (Å²) in [4.78, 5) is 12.7. The van der Waals surface area contributed by atoms with Crippen LogP contribution in [0.4, 0.5) is 0 Å². The van der Waals surface area contributed by atoms with Crippen LogP contribution >= 0.6 is 0 Å². The van der Waals surface area contributed by atoms with Crippen LogP contribution < -0.4 is 24.3 Å². The lowest BCUT2D eigenvalue weighted by molar-refractivity contribution is 0.0935. The number of carbonyl (C=O) groups excluding carboxylic acids is 1. The predicted octanol–water partition coefficient (Wildman–Crippen LogP) is 3.60. The molecule has 140 valence electrons. The summed E-state index contributed by atoms with van der Waals surface area (Å²) < 4.78 is 21.1. The van der Waals surface area contributed by atoms with E-state index in [2.05, 4.69) is 5.32 Å². The number of benzene rings is 2. The van der Waals surface area contributed by atoms with Gasteiger partial charge >= 0.3 is 0 Å². The van der Waals surface area contributed by atoms with E-state index >= 15 is 0 Å². The van der Waals surface area contributed by atoms with Gasteiger partial charge in [0.05, 0.1) is 34.5 Å². The van der Waals surface area contributed by atoms with E-state index in [9.17, 15) is 4.79 Å². The van der Waals surface area contributed by atoms with Crippen molar-refractivity contribution in [2.75, 3.05) is 28.4 Å². The van der Waals surface area contributed by atoms with Crippen LogP contribution in [0.15, 0.2) is 36.4 Å². The monoisotopic (exact) mass is 359 g/mol. The van der Waals surface area contributed by atoms with Crippen LogP contribution in [-0.4, -0.2) is 34.3 Å². The fourth-order valence-corrected chi connectivity index (χ4v) is 2.71. The van der Waals surface area contributed by atoms with Crippen molar-refractivity contribution in [2.24, 2.45) is 0 Å². The number of nitrogens with one attached hydrogen (secondary N) is 1. The maximum Gasteiger partial charge on any atom is 0.251 e. The Morgan fingerprint density at radius 1 is 0.846 bits per heavy atom. The van der Waals surface area contributed by atoms with E-state index in [1.807, 2.05) is 25.1 Å². The van der Waals surface area contributed by atoms with Gasteiger partial charge in [0.15, 0.2) is 23.0 Å². The van der Waals surface area contributed by atoms with E-state index in [1.54, 1.807) is 39.5 Å². The number of methoxy groups -OCH3 is 4. The van der Waals surface area contributed by atoms with Crippen LogP contribution in [0.2, 0.25) is 0 Å². The first-order chi connectivity index (χ1) is 12.6. The molecule has 1 amide bonds. The molecule has 0 aliphatic heterocycles. The first-order valence-electron chi connectivity index (χ1n) is 8.32. The van der Waals surface area contributed by atoms with Crippen molar-refractivity contribution in [1.82, 2.24) is 5.32 Å². The molecule has 2 aromatic rings. The zero-order valence-electron chi connectivity index (χ0n) is 15.8. The van der Waals surface area contributed by atoms with Gasteiger partial charge in [-0.25, -0.2) is 0 Å². The Labute approximate surface area is 154 Å². The maximum absolute atomic E-state index is 12.7. The van der Waals surface area contributed by atoms with Gasteiger partial charge in [-0.3, -0.25) is 4.79 Å². The molecule has 2 aromatic carbocycles. The third-order valence-corrected chi connectivity index (χ3v) is 4.17. The van der Waals surface area contributed by atoms with Gasteiger partial charge in [-0.2, -0.15) is 0 Å². The molecule has 0 spiro atoms. The highest BCUT2D eigenvalue weighted by Gasteiger charge is 2.17. The smallest absolute Gasteiger partial charge is 0.251 e. The normalized spacial score (nSPS) is 11.4. The lowest BCUT2D eigenvalue weighted by Gasteiger charge is -2.19. The van der Waals surface area contributed by atoms with Crippen LogP contribution in [0.5, 0.6) is 23.0 Å². The number of carbonyl (C=O) groups is 1. The fourth-order valence-electron chi connectivity index (χ4n) is 2.71. The Morgan fingerprint density at radius 3 is 1.92 bits per heavy atom. The van der Waals surface area contributed by atoms with Crippen molar-refractivity contribution in [3.8, 4) is 23.0 Å². The molecule has 6 heteroatoms. The first-order valence-corrected chi connectivity index (χ1v) is 8.32. The summed E-state index contributed by atoms with van der Waals surface area (Å²) in [6, 6.07) is 10.6. The molecule has 1 N–H and O–H groups in total. The largest absolute Gasteiger partial charge is 0.493 e. The molecule has 0 fully saturated rings. The molecule has 0 unspecified atom stereocenters. The number of hydrogen-bond donors (Lipinski definition) is 1. The highest BCUT2D eigenvalue weighted by molar-refractivity contribution is 5.95. The quantitative estimate of drug-likeness (QED) is 0.780. The molecule has 0 aromatic heterocycles. The Hall–Kier alpha value is -2.89. The van der Waals surface area contributed by atoms with Gasteiger partial charge in [0.2, 0.25) is 0 Å². The topological polar surface area (TPSA) is 66.0 Å². The molecule has 0 heterocycles. The summed E-state index contributed by atoms with van der Waals surface area (Å²) >= 11 is 0. The van der Waals surface area contributed by atoms with E-state index in [-0.39, 0.29) is 11.9 Å². The van der Waals surface area contributed by atoms with Crippen molar-refractivity contribution < 1.29 is 23.7 Å². The molecule has 6 nitrogen and oxygen atoms in total. The van der Waals surface area contributed by atoms with E-state index in [0.717, 1.165) is 12.0 Å². The molecule has 0 aliphatic carbocycles. The summed E-state index contributed by atoms with van der Waals surface area (Å²) in [5.41, 5.74) is 1.44. The minimum absolute atomic E-state index is 0.157. The third kappa shape index (κ3) is 4.20. The molecule has 26 heavy (non-hydrogen) atoms. The van der Waals surface area contributed by atoms with Crippen LogP contribution in [-0.2, 0) is 0 Å². The molecule has 0 radical (unpaired) electrons. The molecule has 2 rings (SSSR count). The van der Waals surface area contributed by atoms with Crippen molar-refractivity contribution in [2.45, 2.75) is 19.4 Å². The molecule has 0 bridgehead atoms. The van der Waals surface area contributed by atoms with Crippen LogP contribution in [0.3, 0.4) is 0 Å². The van der Waals surface area contributed by atoms with E-state index in [0.29, 0.717) is 28.6 Å². The zero-order chi connectivity index (χ0) is 19.1. The first kappa shape index (κ1) is 19.4. The molecule has 0 aliphatic rings. The Morgan fingerprint density at radius 2 is 1.38 bits per heavy atom. The second-order valence-corrected chi connectivity index (χ2v) is 5.62. The summed E-state index contributed by atoms with van der Waals surface area (Å²) in [6.45, 7) is 2.01. The number of hydrogen-bond acceptors (Lipinski definition) is 5. The van der Waals surface area contributed by atoms with Crippen molar-refractivity contribution in [3.05, 3.63) is 47.5 Å². The summed E-state index contributed by atoms with van der Waals surface area (Å²) in [5.74, 6) is 2.18. The van der Waals surface area contributed by atoms with Crippen molar-refractivity contribution in [3.63, 3.8) is 0 Å². The molecular weight excluding hydrogens is 334 g/mol. The second kappa shape index (κ2) is 8.99. The lowest BCUT2D eigenvalue weighted by atomic mass is 10.0. The number of amides is 1.